The van der Waals surface area contributed by atoms with Gasteiger partial charge in [-0.1, -0.05) is 33.3 Å². The van der Waals surface area contributed by atoms with Gasteiger partial charge >= 0.3 is 0 Å². The molecule has 1 aromatic heterocycles. The summed E-state index contributed by atoms with van der Waals surface area (Å²) in [5.74, 6) is -0.699. The van der Waals surface area contributed by atoms with E-state index in [9.17, 15) is 19.3 Å². The van der Waals surface area contributed by atoms with Crippen LogP contribution in [0.1, 0.15) is 10.4 Å². The van der Waals surface area contributed by atoms with Crippen molar-refractivity contribution >= 4 is 44.0 Å². The second-order valence-corrected chi connectivity index (χ2v) is 8.39. The lowest BCUT2D eigenvalue weighted by Crippen LogP contribution is -2.11. The molecule has 0 atom stereocenters. The first-order valence-electron chi connectivity index (χ1n) is 8.99. The SMILES string of the molecule is O=C(Nc1nc(-c2ccc(F)cc2)c(-c2ccc([N+](=O)[O-])cc2)s1)c1cccc(Br)c1. The molecule has 0 unspecified atom stereocenters. The Kier molecular flexibility index (Phi) is 5.88. The number of hydrogen-bond acceptors (Lipinski definition) is 5. The van der Waals surface area contributed by atoms with E-state index in [2.05, 4.69) is 26.2 Å². The van der Waals surface area contributed by atoms with Gasteiger partial charge in [0.1, 0.15) is 5.82 Å². The van der Waals surface area contributed by atoms with Crippen LogP contribution in [0.25, 0.3) is 21.7 Å². The Morgan fingerprint density at radius 1 is 1.03 bits per heavy atom. The van der Waals surface area contributed by atoms with Gasteiger partial charge in [-0.3, -0.25) is 20.2 Å². The summed E-state index contributed by atoms with van der Waals surface area (Å²) in [7, 11) is 0. The molecule has 0 aliphatic heterocycles. The fourth-order valence-electron chi connectivity index (χ4n) is 2.91. The second-order valence-electron chi connectivity index (χ2n) is 6.47. The van der Waals surface area contributed by atoms with Crippen LogP contribution in [-0.2, 0) is 0 Å². The van der Waals surface area contributed by atoms with E-state index in [1.54, 1.807) is 42.5 Å². The third kappa shape index (κ3) is 4.68. The zero-order valence-electron chi connectivity index (χ0n) is 15.7. The largest absolute Gasteiger partial charge is 0.298 e. The van der Waals surface area contributed by atoms with E-state index in [0.29, 0.717) is 32.4 Å². The van der Waals surface area contributed by atoms with Crippen molar-refractivity contribution in [3.05, 3.63) is 98.8 Å². The van der Waals surface area contributed by atoms with Gasteiger partial charge in [-0.2, -0.15) is 0 Å². The van der Waals surface area contributed by atoms with Crippen LogP contribution in [0.15, 0.2) is 77.3 Å². The number of carbonyl (C=O) groups is 1. The van der Waals surface area contributed by atoms with E-state index < -0.39 is 4.92 Å². The van der Waals surface area contributed by atoms with Crippen molar-refractivity contribution < 1.29 is 14.1 Å². The summed E-state index contributed by atoms with van der Waals surface area (Å²) in [6.45, 7) is 0. The number of non-ortho nitro benzene ring substituents is 1. The average molecular weight is 498 g/mol. The third-order valence-corrected chi connectivity index (χ3v) is 5.91. The van der Waals surface area contributed by atoms with Gasteiger partial charge in [-0.25, -0.2) is 9.37 Å². The number of carbonyl (C=O) groups excluding carboxylic acids is 1. The zero-order chi connectivity index (χ0) is 22.0. The number of aromatic nitrogens is 1. The summed E-state index contributed by atoms with van der Waals surface area (Å²) in [6, 6.07) is 18.9. The lowest BCUT2D eigenvalue weighted by molar-refractivity contribution is -0.384. The van der Waals surface area contributed by atoms with Crippen LogP contribution < -0.4 is 5.32 Å². The Bertz CT molecular complexity index is 1270. The summed E-state index contributed by atoms with van der Waals surface area (Å²) in [5.41, 5.74) is 2.34. The van der Waals surface area contributed by atoms with E-state index in [4.69, 9.17) is 0 Å². The van der Waals surface area contributed by atoms with Crippen molar-refractivity contribution in [1.29, 1.82) is 0 Å². The van der Waals surface area contributed by atoms with Crippen molar-refractivity contribution in [1.82, 2.24) is 4.98 Å². The fourth-order valence-corrected chi connectivity index (χ4v) is 4.29. The van der Waals surface area contributed by atoms with Crippen LogP contribution in [0.4, 0.5) is 15.2 Å². The highest BCUT2D eigenvalue weighted by molar-refractivity contribution is 9.10. The van der Waals surface area contributed by atoms with E-state index >= 15 is 0 Å². The quantitative estimate of drug-likeness (QED) is 0.250. The Morgan fingerprint density at radius 2 is 1.71 bits per heavy atom. The summed E-state index contributed by atoms with van der Waals surface area (Å²) in [6.07, 6.45) is 0. The molecule has 1 heterocycles. The highest BCUT2D eigenvalue weighted by Crippen LogP contribution is 2.39. The molecule has 0 bridgehead atoms. The van der Waals surface area contributed by atoms with Gasteiger partial charge in [0, 0.05) is 27.7 Å². The molecule has 31 heavy (non-hydrogen) atoms. The average Bonchev–Trinajstić information content (AvgIpc) is 3.18. The fraction of sp³-hybridized carbons (Fsp3) is 0. The van der Waals surface area contributed by atoms with Gasteiger partial charge in [-0.15, -0.1) is 0 Å². The number of anilines is 1. The zero-order valence-corrected chi connectivity index (χ0v) is 18.1. The Labute approximate surface area is 188 Å². The van der Waals surface area contributed by atoms with E-state index in [1.165, 1.54) is 35.6 Å². The van der Waals surface area contributed by atoms with Crippen molar-refractivity contribution in [2.75, 3.05) is 5.32 Å². The molecule has 0 saturated carbocycles. The van der Waals surface area contributed by atoms with Crippen molar-refractivity contribution in [2.45, 2.75) is 0 Å². The lowest BCUT2D eigenvalue weighted by Gasteiger charge is -2.03. The molecule has 4 rings (SSSR count). The number of benzene rings is 3. The van der Waals surface area contributed by atoms with Crippen molar-refractivity contribution in [3.8, 4) is 21.7 Å². The first-order valence-corrected chi connectivity index (χ1v) is 10.6. The van der Waals surface area contributed by atoms with Crippen LogP contribution in [-0.4, -0.2) is 15.8 Å². The first-order chi connectivity index (χ1) is 14.9. The molecule has 0 spiro atoms. The maximum Gasteiger partial charge on any atom is 0.269 e. The summed E-state index contributed by atoms with van der Waals surface area (Å²) >= 11 is 4.58. The van der Waals surface area contributed by atoms with Gasteiger partial charge in [0.15, 0.2) is 5.13 Å². The minimum absolute atomic E-state index is 0.0280. The van der Waals surface area contributed by atoms with E-state index in [0.717, 1.165) is 4.47 Å². The van der Waals surface area contributed by atoms with Crippen LogP contribution in [0.2, 0.25) is 0 Å². The molecule has 0 aliphatic carbocycles. The third-order valence-electron chi connectivity index (χ3n) is 4.39. The highest BCUT2D eigenvalue weighted by atomic mass is 79.9. The minimum Gasteiger partial charge on any atom is -0.298 e. The molecule has 0 aliphatic rings. The number of hydrogen-bond donors (Lipinski definition) is 1. The predicted octanol–water partition coefficient (Wildman–Crippen LogP) is 6.54. The number of amides is 1. The first kappa shape index (κ1) is 20.8. The molecular formula is C22H13BrFN3O3S. The van der Waals surface area contributed by atoms with Gasteiger partial charge in [0.2, 0.25) is 0 Å². The normalized spacial score (nSPS) is 10.6. The van der Waals surface area contributed by atoms with E-state index in [-0.39, 0.29) is 17.4 Å². The van der Waals surface area contributed by atoms with Gasteiger partial charge in [-0.05, 0) is 60.2 Å². The van der Waals surface area contributed by atoms with Crippen LogP contribution in [0, 0.1) is 15.9 Å². The molecule has 0 radical (unpaired) electrons. The summed E-state index contributed by atoms with van der Waals surface area (Å²) in [5, 5.41) is 14.1. The Morgan fingerprint density at radius 3 is 2.35 bits per heavy atom. The monoisotopic (exact) mass is 497 g/mol. The molecule has 1 N–H and O–H groups in total. The molecule has 1 amide bonds. The number of nitro groups is 1. The number of nitrogens with one attached hydrogen (secondary N) is 1. The maximum absolute atomic E-state index is 13.4. The van der Waals surface area contributed by atoms with E-state index in [1.807, 2.05) is 6.07 Å². The van der Waals surface area contributed by atoms with Gasteiger partial charge in [0.25, 0.3) is 11.6 Å². The van der Waals surface area contributed by atoms with Crippen LogP contribution >= 0.6 is 27.3 Å². The smallest absolute Gasteiger partial charge is 0.269 e. The number of thiazole rings is 1. The van der Waals surface area contributed by atoms with Gasteiger partial charge < -0.3 is 0 Å². The maximum atomic E-state index is 13.4. The Balaban J connectivity index is 1.74. The highest BCUT2D eigenvalue weighted by Gasteiger charge is 2.18. The summed E-state index contributed by atoms with van der Waals surface area (Å²) < 4.78 is 14.2. The number of rotatable bonds is 5. The molecule has 0 saturated heterocycles. The Hall–Kier alpha value is -3.43. The predicted molar refractivity (Wildman–Crippen MR) is 122 cm³/mol. The van der Waals surface area contributed by atoms with Crippen LogP contribution in [0.5, 0.6) is 0 Å². The minimum atomic E-state index is -0.471. The number of halogens is 2. The number of nitro benzene ring substituents is 1. The molecule has 3 aromatic carbocycles. The lowest BCUT2D eigenvalue weighted by atomic mass is 10.1. The van der Waals surface area contributed by atoms with Crippen LogP contribution in [0.3, 0.4) is 0 Å². The molecule has 9 heteroatoms. The van der Waals surface area contributed by atoms with Crippen molar-refractivity contribution in [2.24, 2.45) is 0 Å². The number of nitrogens with zero attached hydrogens (tertiary/aromatic N) is 2. The molecule has 154 valence electrons. The second kappa shape index (κ2) is 8.75. The topological polar surface area (TPSA) is 85.1 Å². The summed E-state index contributed by atoms with van der Waals surface area (Å²) in [4.78, 5) is 28.4. The molecular weight excluding hydrogens is 485 g/mol. The standard InChI is InChI=1S/C22H13BrFN3O3S/c23-16-3-1-2-15(12-16)21(28)26-22-25-19(13-4-8-17(24)9-5-13)20(31-22)14-6-10-18(11-7-14)27(29)30/h1-12H,(H,25,26,28). The van der Waals surface area contributed by atoms with Gasteiger partial charge in [0.05, 0.1) is 15.5 Å². The van der Waals surface area contributed by atoms with Crippen molar-refractivity contribution in [3.63, 3.8) is 0 Å². The molecule has 4 aromatic rings. The molecule has 0 fully saturated rings. The molecule has 6 nitrogen and oxygen atoms in total.